The van der Waals surface area contributed by atoms with E-state index in [0.29, 0.717) is 11.8 Å². The number of rotatable bonds is 4. The third-order valence-electron chi connectivity index (χ3n) is 3.41. The maximum Gasteiger partial charge on any atom is 0.301 e. The number of carbonyl (C=O) groups excluding carboxylic acids is 1. The van der Waals surface area contributed by atoms with Gasteiger partial charge in [0.2, 0.25) is 0 Å². The van der Waals surface area contributed by atoms with Crippen LogP contribution in [0.3, 0.4) is 0 Å². The molecule has 0 atom stereocenters. The predicted octanol–water partition coefficient (Wildman–Crippen LogP) is 1.18. The Morgan fingerprint density at radius 1 is 1.65 bits per heavy atom. The lowest BCUT2D eigenvalue weighted by Crippen LogP contribution is -2.36. The SMILES string of the molecule is Cc1cc(CN(C)C2CCC2)oc1C(=O)NN. The second-order valence-corrected chi connectivity index (χ2v) is 4.70. The molecule has 1 aliphatic carbocycles. The Kier molecular flexibility index (Phi) is 3.49. The largest absolute Gasteiger partial charge is 0.454 e. The molecule has 0 aromatic carbocycles. The number of hydrogen-bond acceptors (Lipinski definition) is 4. The van der Waals surface area contributed by atoms with Crippen molar-refractivity contribution in [1.82, 2.24) is 10.3 Å². The van der Waals surface area contributed by atoms with Crippen LogP contribution in [0.15, 0.2) is 10.5 Å². The molecule has 2 rings (SSSR count). The zero-order valence-corrected chi connectivity index (χ0v) is 10.3. The molecule has 0 radical (unpaired) electrons. The van der Waals surface area contributed by atoms with Gasteiger partial charge in [-0.25, -0.2) is 5.84 Å². The van der Waals surface area contributed by atoms with Gasteiger partial charge < -0.3 is 4.42 Å². The van der Waals surface area contributed by atoms with Crippen LogP contribution in [0.4, 0.5) is 0 Å². The van der Waals surface area contributed by atoms with Gasteiger partial charge in [0.05, 0.1) is 6.54 Å². The summed E-state index contributed by atoms with van der Waals surface area (Å²) in [5, 5.41) is 0. The molecule has 3 N–H and O–H groups in total. The average Bonchev–Trinajstić information content (AvgIpc) is 2.55. The molecule has 5 heteroatoms. The van der Waals surface area contributed by atoms with Crippen molar-refractivity contribution in [3.05, 3.63) is 23.2 Å². The summed E-state index contributed by atoms with van der Waals surface area (Å²) >= 11 is 0. The zero-order valence-electron chi connectivity index (χ0n) is 10.3. The number of nitrogens with one attached hydrogen (secondary N) is 1. The van der Waals surface area contributed by atoms with Gasteiger partial charge in [0.15, 0.2) is 5.76 Å². The number of aryl methyl sites for hydroxylation is 1. The second-order valence-electron chi connectivity index (χ2n) is 4.70. The van der Waals surface area contributed by atoms with E-state index in [-0.39, 0.29) is 5.91 Å². The van der Waals surface area contributed by atoms with Crippen molar-refractivity contribution in [2.45, 2.75) is 38.8 Å². The molecule has 1 amide bonds. The first-order chi connectivity index (χ1) is 8.11. The lowest BCUT2D eigenvalue weighted by Gasteiger charge is -2.34. The lowest BCUT2D eigenvalue weighted by atomic mass is 9.92. The molecule has 5 nitrogen and oxygen atoms in total. The molecule has 1 aromatic rings. The van der Waals surface area contributed by atoms with Gasteiger partial charge in [0.25, 0.3) is 0 Å². The summed E-state index contributed by atoms with van der Waals surface area (Å²) in [7, 11) is 2.09. The molecule has 1 heterocycles. The number of nitrogens with zero attached hydrogens (tertiary/aromatic N) is 1. The van der Waals surface area contributed by atoms with Crippen LogP contribution in [0.1, 0.15) is 41.1 Å². The van der Waals surface area contributed by atoms with Crippen molar-refractivity contribution < 1.29 is 9.21 Å². The van der Waals surface area contributed by atoms with E-state index in [4.69, 9.17) is 10.3 Å². The summed E-state index contributed by atoms with van der Waals surface area (Å²) in [5.74, 6) is 5.84. The van der Waals surface area contributed by atoms with Gasteiger partial charge in [-0.3, -0.25) is 15.1 Å². The molecule has 0 aliphatic heterocycles. The van der Waals surface area contributed by atoms with Crippen molar-refractivity contribution in [2.75, 3.05) is 7.05 Å². The number of hydrogen-bond donors (Lipinski definition) is 2. The Hall–Kier alpha value is -1.33. The Bertz CT molecular complexity index is 410. The van der Waals surface area contributed by atoms with Gasteiger partial charge in [-0.15, -0.1) is 0 Å². The van der Waals surface area contributed by atoms with Crippen LogP contribution in [0.5, 0.6) is 0 Å². The molecule has 17 heavy (non-hydrogen) atoms. The fraction of sp³-hybridized carbons (Fsp3) is 0.583. The van der Waals surface area contributed by atoms with Gasteiger partial charge in [-0.2, -0.15) is 0 Å². The molecule has 1 aliphatic rings. The van der Waals surface area contributed by atoms with Crippen LogP contribution < -0.4 is 11.3 Å². The molecule has 1 aromatic heterocycles. The third kappa shape index (κ3) is 2.50. The second kappa shape index (κ2) is 4.89. The van der Waals surface area contributed by atoms with Crippen LogP contribution >= 0.6 is 0 Å². The maximum absolute atomic E-state index is 11.4. The van der Waals surface area contributed by atoms with Gasteiger partial charge in [0, 0.05) is 11.6 Å². The summed E-state index contributed by atoms with van der Waals surface area (Å²) in [6.45, 7) is 2.59. The van der Waals surface area contributed by atoms with Gasteiger partial charge >= 0.3 is 5.91 Å². The van der Waals surface area contributed by atoms with Crippen molar-refractivity contribution in [1.29, 1.82) is 0 Å². The van der Waals surface area contributed by atoms with Crippen LogP contribution in [-0.2, 0) is 6.54 Å². The van der Waals surface area contributed by atoms with Gasteiger partial charge in [-0.1, -0.05) is 6.42 Å². The minimum absolute atomic E-state index is 0.310. The molecule has 94 valence electrons. The van der Waals surface area contributed by atoms with E-state index in [9.17, 15) is 4.79 Å². The number of furan rings is 1. The van der Waals surface area contributed by atoms with Crippen LogP contribution in [0.25, 0.3) is 0 Å². The number of nitrogen functional groups attached to an aromatic ring is 1. The van der Waals surface area contributed by atoms with Crippen molar-refractivity contribution in [2.24, 2.45) is 5.84 Å². The summed E-state index contributed by atoms with van der Waals surface area (Å²) in [6.07, 6.45) is 3.83. The fourth-order valence-corrected chi connectivity index (χ4v) is 2.12. The minimum Gasteiger partial charge on any atom is -0.454 e. The highest BCUT2D eigenvalue weighted by Gasteiger charge is 2.23. The normalized spacial score (nSPS) is 16.0. The number of nitrogens with two attached hydrogens (primary N) is 1. The number of amides is 1. The maximum atomic E-state index is 11.4. The first kappa shape index (κ1) is 12.1. The summed E-state index contributed by atoms with van der Waals surface area (Å²) in [4.78, 5) is 13.7. The molecule has 1 saturated carbocycles. The van der Waals surface area contributed by atoms with Gasteiger partial charge in [0.1, 0.15) is 5.76 Å². The first-order valence-electron chi connectivity index (χ1n) is 5.92. The highest BCUT2D eigenvalue weighted by Crippen LogP contribution is 2.25. The van der Waals surface area contributed by atoms with Crippen LogP contribution in [0.2, 0.25) is 0 Å². The molecule has 0 spiro atoms. The quantitative estimate of drug-likeness (QED) is 0.468. The summed E-state index contributed by atoms with van der Waals surface area (Å²) in [5.41, 5.74) is 2.91. The van der Waals surface area contributed by atoms with Crippen molar-refractivity contribution >= 4 is 5.91 Å². The van der Waals surface area contributed by atoms with E-state index < -0.39 is 0 Å². The van der Waals surface area contributed by atoms with E-state index in [0.717, 1.165) is 17.9 Å². The predicted molar refractivity (Wildman–Crippen MR) is 64.2 cm³/mol. The summed E-state index contributed by atoms with van der Waals surface area (Å²) in [6, 6.07) is 2.56. The van der Waals surface area contributed by atoms with E-state index >= 15 is 0 Å². The Labute approximate surface area is 101 Å². The zero-order chi connectivity index (χ0) is 12.4. The first-order valence-corrected chi connectivity index (χ1v) is 5.92. The lowest BCUT2D eigenvalue weighted by molar-refractivity contribution is 0.0917. The Morgan fingerprint density at radius 3 is 2.88 bits per heavy atom. The topological polar surface area (TPSA) is 71.5 Å². The Balaban J connectivity index is 2.03. The molecular weight excluding hydrogens is 218 g/mol. The Morgan fingerprint density at radius 2 is 2.35 bits per heavy atom. The molecule has 1 fully saturated rings. The smallest absolute Gasteiger partial charge is 0.301 e. The third-order valence-corrected chi connectivity index (χ3v) is 3.41. The fourth-order valence-electron chi connectivity index (χ4n) is 2.12. The molecular formula is C12H19N3O2. The van der Waals surface area contributed by atoms with E-state index in [1.807, 2.05) is 13.0 Å². The summed E-state index contributed by atoms with van der Waals surface area (Å²) < 4.78 is 5.52. The minimum atomic E-state index is -0.375. The van der Waals surface area contributed by atoms with Crippen LogP contribution in [0, 0.1) is 6.92 Å². The molecule has 0 bridgehead atoms. The number of hydrazine groups is 1. The molecule has 0 unspecified atom stereocenters. The van der Waals surface area contributed by atoms with Crippen molar-refractivity contribution in [3.8, 4) is 0 Å². The monoisotopic (exact) mass is 237 g/mol. The van der Waals surface area contributed by atoms with Gasteiger partial charge in [-0.05, 0) is 32.9 Å². The van der Waals surface area contributed by atoms with E-state index in [2.05, 4.69) is 17.4 Å². The van der Waals surface area contributed by atoms with E-state index in [1.54, 1.807) is 0 Å². The van der Waals surface area contributed by atoms with Crippen molar-refractivity contribution in [3.63, 3.8) is 0 Å². The highest BCUT2D eigenvalue weighted by molar-refractivity contribution is 5.92. The highest BCUT2D eigenvalue weighted by atomic mass is 16.4. The number of carbonyl (C=O) groups is 1. The standard InChI is InChI=1S/C12H19N3O2/c1-8-6-10(17-11(8)12(16)14-13)7-15(2)9-4-3-5-9/h6,9H,3-5,7,13H2,1-2H3,(H,14,16). The van der Waals surface area contributed by atoms with Crippen LogP contribution in [-0.4, -0.2) is 23.9 Å². The molecule has 0 saturated heterocycles. The average molecular weight is 237 g/mol. The van der Waals surface area contributed by atoms with E-state index in [1.165, 1.54) is 19.3 Å².